The minimum Gasteiger partial charge on any atom is -0.482 e. The Kier molecular flexibility index (Phi) is 4.74. The lowest BCUT2D eigenvalue weighted by molar-refractivity contribution is -0.118. The second-order valence-corrected chi connectivity index (χ2v) is 6.09. The van der Waals surface area contributed by atoms with Crippen molar-refractivity contribution in [3.63, 3.8) is 0 Å². The zero-order valence-electron chi connectivity index (χ0n) is 14.6. The molecule has 132 valence electrons. The van der Waals surface area contributed by atoms with Gasteiger partial charge < -0.3 is 15.4 Å². The second-order valence-electron chi connectivity index (χ2n) is 6.09. The molecular weight excluding hydrogens is 320 g/mol. The first-order valence-electron chi connectivity index (χ1n) is 8.46. The first-order chi connectivity index (χ1) is 12.0. The maximum Gasteiger partial charge on any atom is 0.262 e. The summed E-state index contributed by atoms with van der Waals surface area (Å²) in [4.78, 5) is 24.0. The second kappa shape index (κ2) is 6.96. The highest BCUT2D eigenvalue weighted by Crippen LogP contribution is 2.29. The molecule has 1 aliphatic heterocycles. The number of anilines is 2. The van der Waals surface area contributed by atoms with E-state index in [2.05, 4.69) is 29.6 Å². The van der Waals surface area contributed by atoms with Gasteiger partial charge in [0.1, 0.15) is 11.6 Å². The van der Waals surface area contributed by atoms with Crippen LogP contribution in [0.2, 0.25) is 0 Å². The third-order valence-corrected chi connectivity index (χ3v) is 4.26. The molecule has 2 heterocycles. The molecule has 0 saturated heterocycles. The van der Waals surface area contributed by atoms with Gasteiger partial charge in [-0.25, -0.2) is 4.68 Å². The van der Waals surface area contributed by atoms with Gasteiger partial charge in [0, 0.05) is 11.6 Å². The van der Waals surface area contributed by atoms with Gasteiger partial charge in [0.25, 0.3) is 11.8 Å². The summed E-state index contributed by atoms with van der Waals surface area (Å²) in [5.74, 6) is 0.740. The molecule has 1 aromatic heterocycles. The Morgan fingerprint density at radius 1 is 1.36 bits per heavy atom. The summed E-state index contributed by atoms with van der Waals surface area (Å²) in [6.45, 7) is 6.07. The predicted octanol–water partition coefficient (Wildman–Crippen LogP) is 3.14. The van der Waals surface area contributed by atoms with E-state index in [0.29, 0.717) is 22.8 Å². The highest BCUT2D eigenvalue weighted by atomic mass is 16.5. The number of nitrogens with one attached hydrogen (secondary N) is 2. The zero-order valence-corrected chi connectivity index (χ0v) is 14.6. The summed E-state index contributed by atoms with van der Waals surface area (Å²) in [5, 5.41) is 10.1. The van der Waals surface area contributed by atoms with Crippen LogP contribution in [0.5, 0.6) is 5.75 Å². The third kappa shape index (κ3) is 3.50. The lowest BCUT2D eigenvalue weighted by atomic mass is 10.1. The van der Waals surface area contributed by atoms with E-state index < -0.39 is 0 Å². The van der Waals surface area contributed by atoms with E-state index in [0.717, 1.165) is 18.5 Å². The summed E-state index contributed by atoms with van der Waals surface area (Å²) in [5.41, 5.74) is 1.90. The van der Waals surface area contributed by atoms with E-state index in [9.17, 15) is 9.59 Å². The Bertz CT molecular complexity index is 809. The molecule has 7 heteroatoms. The molecule has 2 aromatic rings. The molecule has 0 aliphatic carbocycles. The standard InChI is InChI=1S/C18H22N4O3/c1-4-13(5-2)22-16(8-11(3)21-22)20-18(24)12-6-7-14-15(9-12)25-10-17(23)19-14/h6-9,13H,4-5,10H2,1-3H3,(H,19,23)(H,20,24). The van der Waals surface area contributed by atoms with Gasteiger partial charge in [0.15, 0.2) is 6.61 Å². The number of aryl methyl sites for hydroxylation is 1. The van der Waals surface area contributed by atoms with Crippen molar-refractivity contribution in [1.82, 2.24) is 9.78 Å². The van der Waals surface area contributed by atoms with E-state index in [4.69, 9.17) is 4.74 Å². The molecule has 7 nitrogen and oxygen atoms in total. The number of carbonyl (C=O) groups excluding carboxylic acids is 2. The van der Waals surface area contributed by atoms with Crippen LogP contribution in [0.25, 0.3) is 0 Å². The first-order valence-corrected chi connectivity index (χ1v) is 8.46. The van der Waals surface area contributed by atoms with Crippen LogP contribution in [0.3, 0.4) is 0 Å². The Hall–Kier alpha value is -2.83. The number of carbonyl (C=O) groups is 2. The highest BCUT2D eigenvalue weighted by molar-refractivity contribution is 6.05. The van der Waals surface area contributed by atoms with Crippen molar-refractivity contribution < 1.29 is 14.3 Å². The van der Waals surface area contributed by atoms with Crippen LogP contribution in [0.4, 0.5) is 11.5 Å². The van der Waals surface area contributed by atoms with Crippen LogP contribution >= 0.6 is 0 Å². The summed E-state index contributed by atoms with van der Waals surface area (Å²) in [6.07, 6.45) is 1.87. The topological polar surface area (TPSA) is 85.2 Å². The molecule has 0 radical (unpaired) electrons. The monoisotopic (exact) mass is 342 g/mol. The Morgan fingerprint density at radius 2 is 2.12 bits per heavy atom. The summed E-state index contributed by atoms with van der Waals surface area (Å²) in [7, 11) is 0. The van der Waals surface area contributed by atoms with E-state index in [1.54, 1.807) is 18.2 Å². The minimum absolute atomic E-state index is 0.0429. The summed E-state index contributed by atoms with van der Waals surface area (Å²) in [6, 6.07) is 7.07. The SMILES string of the molecule is CCC(CC)n1nc(C)cc1NC(=O)c1ccc2c(c1)OCC(=O)N2. The fourth-order valence-electron chi connectivity index (χ4n) is 2.93. The quantitative estimate of drug-likeness (QED) is 0.874. The van der Waals surface area contributed by atoms with Gasteiger partial charge >= 0.3 is 0 Å². The Morgan fingerprint density at radius 3 is 2.84 bits per heavy atom. The van der Waals surface area contributed by atoms with Crippen molar-refractivity contribution in [1.29, 1.82) is 0 Å². The zero-order chi connectivity index (χ0) is 18.0. The number of fused-ring (bicyclic) bond motifs is 1. The molecule has 3 rings (SSSR count). The minimum atomic E-state index is -0.240. The van der Waals surface area contributed by atoms with Gasteiger partial charge in [-0.3, -0.25) is 9.59 Å². The van der Waals surface area contributed by atoms with Gasteiger partial charge in [0.05, 0.1) is 17.4 Å². The summed E-state index contributed by atoms with van der Waals surface area (Å²) < 4.78 is 7.25. The maximum atomic E-state index is 12.6. The van der Waals surface area contributed by atoms with Crippen LogP contribution in [-0.4, -0.2) is 28.2 Å². The number of aromatic nitrogens is 2. The first kappa shape index (κ1) is 17.0. The normalized spacial score (nSPS) is 13.2. The molecule has 2 N–H and O–H groups in total. The van der Waals surface area contributed by atoms with Crippen molar-refractivity contribution in [3.05, 3.63) is 35.5 Å². The van der Waals surface area contributed by atoms with E-state index in [1.165, 1.54) is 0 Å². The predicted molar refractivity (Wildman–Crippen MR) is 95.1 cm³/mol. The largest absolute Gasteiger partial charge is 0.482 e. The van der Waals surface area contributed by atoms with Gasteiger partial charge in [-0.2, -0.15) is 5.10 Å². The van der Waals surface area contributed by atoms with Crippen LogP contribution in [0.1, 0.15) is 48.8 Å². The molecule has 0 spiro atoms. The average molecular weight is 342 g/mol. The molecule has 0 unspecified atom stereocenters. The van der Waals surface area contributed by atoms with Crippen molar-refractivity contribution in [2.75, 3.05) is 17.2 Å². The van der Waals surface area contributed by atoms with Gasteiger partial charge in [-0.15, -0.1) is 0 Å². The molecule has 0 atom stereocenters. The van der Waals surface area contributed by atoms with Crippen molar-refractivity contribution >= 4 is 23.3 Å². The van der Waals surface area contributed by atoms with Gasteiger partial charge in [0.2, 0.25) is 0 Å². The Balaban J connectivity index is 1.82. The number of hydrogen-bond acceptors (Lipinski definition) is 4. The molecular formula is C18H22N4O3. The molecule has 0 fully saturated rings. The fourth-order valence-corrected chi connectivity index (χ4v) is 2.93. The van der Waals surface area contributed by atoms with E-state index in [-0.39, 0.29) is 24.5 Å². The molecule has 0 saturated carbocycles. The van der Waals surface area contributed by atoms with Crippen molar-refractivity contribution in [3.8, 4) is 5.75 Å². The molecule has 2 amide bonds. The van der Waals surface area contributed by atoms with E-state index in [1.807, 2.05) is 17.7 Å². The lowest BCUT2D eigenvalue weighted by Crippen LogP contribution is -2.25. The van der Waals surface area contributed by atoms with Crippen LogP contribution in [-0.2, 0) is 4.79 Å². The number of rotatable bonds is 5. The lowest BCUT2D eigenvalue weighted by Gasteiger charge is -2.19. The molecule has 1 aromatic carbocycles. The maximum absolute atomic E-state index is 12.6. The fraction of sp³-hybridized carbons (Fsp3) is 0.389. The third-order valence-electron chi connectivity index (χ3n) is 4.26. The average Bonchev–Trinajstić information content (AvgIpc) is 2.95. The van der Waals surface area contributed by atoms with Crippen molar-refractivity contribution in [2.45, 2.75) is 39.7 Å². The Labute approximate surface area is 146 Å². The van der Waals surface area contributed by atoms with Crippen LogP contribution in [0.15, 0.2) is 24.3 Å². The van der Waals surface area contributed by atoms with E-state index >= 15 is 0 Å². The van der Waals surface area contributed by atoms with Crippen LogP contribution < -0.4 is 15.4 Å². The molecule has 0 bridgehead atoms. The number of benzene rings is 1. The van der Waals surface area contributed by atoms with Crippen LogP contribution in [0, 0.1) is 6.92 Å². The number of ether oxygens (including phenoxy) is 1. The van der Waals surface area contributed by atoms with Gasteiger partial charge in [-0.1, -0.05) is 13.8 Å². The highest BCUT2D eigenvalue weighted by Gasteiger charge is 2.20. The smallest absolute Gasteiger partial charge is 0.262 e. The summed E-state index contributed by atoms with van der Waals surface area (Å²) >= 11 is 0. The molecule has 25 heavy (non-hydrogen) atoms. The van der Waals surface area contributed by atoms with Gasteiger partial charge in [-0.05, 0) is 38.0 Å². The number of hydrogen-bond donors (Lipinski definition) is 2. The number of nitrogens with zero attached hydrogens (tertiary/aromatic N) is 2. The van der Waals surface area contributed by atoms with Crippen molar-refractivity contribution in [2.24, 2.45) is 0 Å². The number of amides is 2. The molecule has 1 aliphatic rings.